The maximum Gasteiger partial charge on any atom is 0.306 e. The summed E-state index contributed by atoms with van der Waals surface area (Å²) in [7, 11) is 0. The molecule has 0 bridgehead atoms. The SMILES string of the molecule is CCOC(=O)CCc1ccc(Nc2c(C(=O)N(O)OCC)ccc(F)c2F)c(F)c1. The molecular formula is C20H21F3N2O5. The quantitative estimate of drug-likeness (QED) is 0.356. The maximum atomic E-state index is 14.5. The predicted octanol–water partition coefficient (Wildman–Crippen LogP) is 4.13. The molecule has 2 rings (SSSR count). The van der Waals surface area contributed by atoms with E-state index in [0.717, 1.165) is 12.1 Å². The van der Waals surface area contributed by atoms with Crippen molar-refractivity contribution in [3.8, 4) is 0 Å². The Hall–Kier alpha value is -3.11. The highest BCUT2D eigenvalue weighted by Gasteiger charge is 2.24. The largest absolute Gasteiger partial charge is 0.466 e. The third-order valence-corrected chi connectivity index (χ3v) is 3.97. The Morgan fingerprint density at radius 3 is 2.43 bits per heavy atom. The molecule has 2 N–H and O–H groups in total. The molecule has 0 aliphatic heterocycles. The highest BCUT2D eigenvalue weighted by atomic mass is 19.2. The lowest BCUT2D eigenvalue weighted by Gasteiger charge is -2.17. The van der Waals surface area contributed by atoms with Crippen molar-refractivity contribution in [3.05, 3.63) is 58.9 Å². The molecule has 30 heavy (non-hydrogen) atoms. The highest BCUT2D eigenvalue weighted by Crippen LogP contribution is 2.29. The molecule has 0 aliphatic rings. The molecule has 10 heteroatoms. The van der Waals surface area contributed by atoms with E-state index < -0.39 is 40.6 Å². The van der Waals surface area contributed by atoms with Gasteiger partial charge in [0.1, 0.15) is 5.82 Å². The molecule has 0 spiro atoms. The zero-order valence-electron chi connectivity index (χ0n) is 16.4. The van der Waals surface area contributed by atoms with Crippen LogP contribution in [0.25, 0.3) is 0 Å². The number of hydrogen-bond donors (Lipinski definition) is 2. The minimum Gasteiger partial charge on any atom is -0.466 e. The van der Waals surface area contributed by atoms with Gasteiger partial charge in [-0.1, -0.05) is 11.3 Å². The van der Waals surface area contributed by atoms with Crippen LogP contribution in [0.4, 0.5) is 24.5 Å². The number of benzene rings is 2. The molecular weight excluding hydrogens is 405 g/mol. The number of esters is 1. The lowest BCUT2D eigenvalue weighted by molar-refractivity contribution is -0.294. The molecule has 0 aliphatic carbocycles. The summed E-state index contributed by atoms with van der Waals surface area (Å²) in [5.74, 6) is -5.13. The zero-order chi connectivity index (χ0) is 22.3. The number of rotatable bonds is 9. The van der Waals surface area contributed by atoms with E-state index in [1.54, 1.807) is 6.92 Å². The van der Waals surface area contributed by atoms with Crippen molar-refractivity contribution >= 4 is 23.3 Å². The van der Waals surface area contributed by atoms with E-state index in [4.69, 9.17) is 4.74 Å². The number of hydroxylamine groups is 2. The monoisotopic (exact) mass is 426 g/mol. The molecule has 0 heterocycles. The number of aryl methyl sites for hydroxylation is 1. The van der Waals surface area contributed by atoms with Gasteiger partial charge in [-0.05, 0) is 50.1 Å². The summed E-state index contributed by atoms with van der Waals surface area (Å²) in [6.07, 6.45) is 0.281. The summed E-state index contributed by atoms with van der Waals surface area (Å²) >= 11 is 0. The molecule has 2 aromatic rings. The van der Waals surface area contributed by atoms with Crippen LogP contribution in [-0.2, 0) is 20.8 Å². The van der Waals surface area contributed by atoms with Gasteiger partial charge in [-0.2, -0.15) is 0 Å². The number of ether oxygens (including phenoxy) is 1. The average Bonchev–Trinajstić information content (AvgIpc) is 2.71. The van der Waals surface area contributed by atoms with Crippen LogP contribution in [0.5, 0.6) is 0 Å². The van der Waals surface area contributed by atoms with E-state index in [2.05, 4.69) is 10.2 Å². The maximum absolute atomic E-state index is 14.5. The molecule has 1 amide bonds. The topological polar surface area (TPSA) is 88.1 Å². The van der Waals surface area contributed by atoms with Gasteiger partial charge < -0.3 is 10.1 Å². The van der Waals surface area contributed by atoms with E-state index >= 15 is 0 Å². The molecule has 2 aromatic carbocycles. The van der Waals surface area contributed by atoms with Gasteiger partial charge >= 0.3 is 11.9 Å². The second-order valence-corrected chi connectivity index (χ2v) is 6.02. The van der Waals surface area contributed by atoms with E-state index in [1.165, 1.54) is 19.1 Å². The molecule has 7 nitrogen and oxygen atoms in total. The smallest absolute Gasteiger partial charge is 0.306 e. The number of nitrogens with one attached hydrogen (secondary N) is 1. The Morgan fingerprint density at radius 1 is 1.07 bits per heavy atom. The lowest BCUT2D eigenvalue weighted by atomic mass is 10.1. The van der Waals surface area contributed by atoms with Crippen LogP contribution in [0.15, 0.2) is 30.3 Å². The van der Waals surface area contributed by atoms with Crippen LogP contribution in [-0.4, -0.2) is 35.5 Å². The standard InChI is InChI=1S/C20H21F3N2O5/c1-3-29-17(26)10-6-12-5-9-16(15(22)11-12)24-19-13(7-8-14(21)18(19)23)20(27)25(28)30-4-2/h5,7-9,11,24,28H,3-4,6,10H2,1-2H3. The summed E-state index contributed by atoms with van der Waals surface area (Å²) in [4.78, 5) is 28.3. The van der Waals surface area contributed by atoms with Crippen molar-refractivity contribution in [3.63, 3.8) is 0 Å². The molecule has 0 unspecified atom stereocenters. The average molecular weight is 426 g/mol. The van der Waals surface area contributed by atoms with Crippen LogP contribution >= 0.6 is 0 Å². The van der Waals surface area contributed by atoms with Gasteiger partial charge in [0.2, 0.25) is 0 Å². The predicted molar refractivity (Wildman–Crippen MR) is 101 cm³/mol. The Kier molecular flexibility index (Phi) is 8.19. The number of nitrogens with zero attached hydrogens (tertiary/aromatic N) is 1. The Bertz CT molecular complexity index is 924. The van der Waals surface area contributed by atoms with Crippen molar-refractivity contribution < 1.29 is 37.5 Å². The van der Waals surface area contributed by atoms with Gasteiger partial charge in [-0.25, -0.2) is 18.0 Å². The van der Waals surface area contributed by atoms with Crippen molar-refractivity contribution in [1.82, 2.24) is 5.23 Å². The van der Waals surface area contributed by atoms with E-state index in [9.17, 15) is 28.0 Å². The number of carbonyl (C=O) groups is 2. The van der Waals surface area contributed by atoms with Crippen molar-refractivity contribution in [2.75, 3.05) is 18.5 Å². The van der Waals surface area contributed by atoms with Crippen molar-refractivity contribution in [2.45, 2.75) is 26.7 Å². The minimum atomic E-state index is -1.43. The fourth-order valence-electron chi connectivity index (χ4n) is 2.56. The van der Waals surface area contributed by atoms with Gasteiger partial charge in [0.15, 0.2) is 11.6 Å². The summed E-state index contributed by atoms with van der Waals surface area (Å²) < 4.78 is 47.3. The third-order valence-electron chi connectivity index (χ3n) is 3.97. The van der Waals surface area contributed by atoms with E-state index in [0.29, 0.717) is 11.6 Å². The van der Waals surface area contributed by atoms with E-state index in [-0.39, 0.29) is 37.0 Å². The summed E-state index contributed by atoms with van der Waals surface area (Å²) in [6, 6.07) is 5.49. The number of amides is 1. The molecule has 0 radical (unpaired) electrons. The Morgan fingerprint density at radius 2 is 1.80 bits per heavy atom. The molecule has 0 atom stereocenters. The van der Waals surface area contributed by atoms with Crippen molar-refractivity contribution in [2.24, 2.45) is 0 Å². The number of anilines is 2. The molecule has 0 aromatic heterocycles. The van der Waals surface area contributed by atoms with Gasteiger partial charge in [-0.15, -0.1) is 0 Å². The van der Waals surface area contributed by atoms with Gasteiger partial charge in [-0.3, -0.25) is 14.8 Å². The van der Waals surface area contributed by atoms with Gasteiger partial charge in [0.05, 0.1) is 30.2 Å². The zero-order valence-corrected chi connectivity index (χ0v) is 16.4. The molecule has 0 saturated heterocycles. The van der Waals surface area contributed by atoms with Crippen LogP contribution in [0.2, 0.25) is 0 Å². The summed E-state index contributed by atoms with van der Waals surface area (Å²) in [5, 5.41) is 11.8. The molecule has 0 fully saturated rings. The van der Waals surface area contributed by atoms with Crippen LogP contribution in [0.3, 0.4) is 0 Å². The second kappa shape index (κ2) is 10.6. The fourth-order valence-corrected chi connectivity index (χ4v) is 2.56. The number of carbonyl (C=O) groups excluding carboxylic acids is 2. The number of hydrogen-bond acceptors (Lipinski definition) is 6. The first-order valence-corrected chi connectivity index (χ1v) is 9.13. The van der Waals surface area contributed by atoms with Crippen molar-refractivity contribution in [1.29, 1.82) is 0 Å². The van der Waals surface area contributed by atoms with Crippen LogP contribution in [0, 0.1) is 17.5 Å². The van der Waals surface area contributed by atoms with Crippen LogP contribution in [0.1, 0.15) is 36.2 Å². The second-order valence-electron chi connectivity index (χ2n) is 6.02. The molecule has 162 valence electrons. The normalized spacial score (nSPS) is 10.6. The lowest BCUT2D eigenvalue weighted by Crippen LogP contribution is -2.28. The molecule has 0 saturated carbocycles. The highest BCUT2D eigenvalue weighted by molar-refractivity contribution is 5.99. The third kappa shape index (κ3) is 5.71. The fraction of sp³-hybridized carbons (Fsp3) is 0.300. The minimum absolute atomic E-state index is 0.0565. The number of halogens is 3. The first kappa shape index (κ1) is 23.2. The Balaban J connectivity index is 2.28. The van der Waals surface area contributed by atoms with Crippen LogP contribution < -0.4 is 5.32 Å². The van der Waals surface area contributed by atoms with Gasteiger partial charge in [0.25, 0.3) is 0 Å². The van der Waals surface area contributed by atoms with Gasteiger partial charge in [0, 0.05) is 6.42 Å². The Labute approximate surface area is 170 Å². The van der Waals surface area contributed by atoms with E-state index in [1.807, 2.05) is 0 Å². The first-order chi connectivity index (χ1) is 14.3. The summed E-state index contributed by atoms with van der Waals surface area (Å²) in [5.41, 5.74) is -0.901. The summed E-state index contributed by atoms with van der Waals surface area (Å²) in [6.45, 7) is 3.36. The first-order valence-electron chi connectivity index (χ1n) is 9.13.